The van der Waals surface area contributed by atoms with Crippen LogP contribution in [0.1, 0.15) is 101 Å². The van der Waals surface area contributed by atoms with E-state index in [0.29, 0.717) is 42.1 Å². The molecule has 6 atom stereocenters. The number of pyridine rings is 1. The molecule has 1 aliphatic heterocycles. The number of amides is 1. The molecule has 4 aromatic rings. The van der Waals surface area contributed by atoms with Gasteiger partial charge in [-0.2, -0.15) is 5.10 Å². The number of carbonyl (C=O) groups is 1. The number of H-pyrrole nitrogens is 1. The number of aromatic amines is 1. The maximum atomic E-state index is 13.5. The van der Waals surface area contributed by atoms with Crippen molar-refractivity contribution in [2.75, 3.05) is 26.2 Å². The quantitative estimate of drug-likeness (QED) is 0.160. The molecule has 3 heterocycles. The smallest absolute Gasteiger partial charge is 0.410 e. The molecular formula is C49H59N5O4. The predicted molar refractivity (Wildman–Crippen MR) is 228 cm³/mol. The summed E-state index contributed by atoms with van der Waals surface area (Å²) in [4.78, 5) is 22.3. The number of aryl methyl sites for hydroxylation is 1. The lowest BCUT2D eigenvalue weighted by atomic mass is 9.47. The normalized spacial score (nSPS) is 28.3. The number of aromatic nitrogens is 3. The number of aromatic hydroxyl groups is 2. The topological polar surface area (TPSA) is 115 Å². The van der Waals surface area contributed by atoms with Crippen molar-refractivity contribution in [1.29, 1.82) is 0 Å². The van der Waals surface area contributed by atoms with E-state index in [0.717, 1.165) is 67.7 Å². The lowest BCUT2D eigenvalue weighted by Crippen LogP contribution is -2.51. The lowest BCUT2D eigenvalue weighted by molar-refractivity contribution is -0.0307. The van der Waals surface area contributed by atoms with Crippen molar-refractivity contribution in [3.63, 3.8) is 0 Å². The van der Waals surface area contributed by atoms with E-state index >= 15 is 0 Å². The minimum absolute atomic E-state index is 0.000896. The average molecular weight is 782 g/mol. The summed E-state index contributed by atoms with van der Waals surface area (Å²) in [5.74, 6) is 2.25. The van der Waals surface area contributed by atoms with E-state index in [-0.39, 0.29) is 40.4 Å². The van der Waals surface area contributed by atoms with Crippen LogP contribution in [0.3, 0.4) is 0 Å². The standard InChI is InChI=1S/C49H59N5O4/c1-30(2)38-26-39(44(56)27-43(38)55)46-45(31(3)51-52-46)33-10-8-32(9-11-33)29-53-21-23-54(24-22-53)47(57)58-36-16-18-48(4)35(25-36)12-13-37-41-15-14-40(34-7-6-20-50-28-34)49(41,5)19-17-42(37)48/h6-12,14,20,26-28,30,36-37,41-42,55-56H,13,15-19,21-25,29H2,1-5H3,(H,51,52)/t36-,37?,41-,42-,48-,49+/m0/s1. The molecular weight excluding hydrogens is 723 g/mol. The molecule has 9 nitrogen and oxygen atoms in total. The Hall–Kier alpha value is -4.89. The number of phenols is 2. The van der Waals surface area contributed by atoms with Crippen LogP contribution in [-0.4, -0.2) is 73.6 Å². The number of fused-ring (bicyclic) bond motifs is 5. The van der Waals surface area contributed by atoms with Crippen molar-refractivity contribution in [3.8, 4) is 33.9 Å². The molecule has 1 unspecified atom stereocenters. The monoisotopic (exact) mass is 781 g/mol. The van der Waals surface area contributed by atoms with Gasteiger partial charge in [0.1, 0.15) is 23.3 Å². The van der Waals surface area contributed by atoms with E-state index in [1.165, 1.54) is 47.6 Å². The number of phenolic OH excluding ortho intramolecular Hbond substituents is 2. The van der Waals surface area contributed by atoms with Crippen molar-refractivity contribution in [2.45, 2.75) is 98.1 Å². The van der Waals surface area contributed by atoms with E-state index in [1.807, 2.05) is 44.1 Å². The first-order chi connectivity index (χ1) is 27.9. The van der Waals surface area contributed by atoms with Crippen LogP contribution in [0, 0.1) is 35.5 Å². The summed E-state index contributed by atoms with van der Waals surface area (Å²) >= 11 is 0. The second kappa shape index (κ2) is 15.0. The Kier molecular flexibility index (Phi) is 10.0. The summed E-state index contributed by atoms with van der Waals surface area (Å²) in [6, 6.07) is 16.1. The Labute approximate surface area is 343 Å². The van der Waals surface area contributed by atoms with Crippen LogP contribution in [0.5, 0.6) is 11.5 Å². The first-order valence-electron chi connectivity index (χ1n) is 21.6. The van der Waals surface area contributed by atoms with Gasteiger partial charge in [-0.05, 0) is 120 Å². The first kappa shape index (κ1) is 38.6. The molecule has 1 saturated heterocycles. The summed E-state index contributed by atoms with van der Waals surface area (Å²) in [7, 11) is 0. The Morgan fingerprint density at radius 2 is 1.71 bits per heavy atom. The zero-order valence-corrected chi connectivity index (χ0v) is 34.8. The molecule has 2 aromatic heterocycles. The van der Waals surface area contributed by atoms with Crippen molar-refractivity contribution >= 4 is 11.7 Å². The molecule has 9 heteroatoms. The highest BCUT2D eigenvalue weighted by molar-refractivity contribution is 5.85. The summed E-state index contributed by atoms with van der Waals surface area (Å²) in [6.45, 7) is 14.8. The van der Waals surface area contributed by atoms with Gasteiger partial charge in [-0.25, -0.2) is 4.79 Å². The van der Waals surface area contributed by atoms with E-state index in [2.05, 4.69) is 82.5 Å². The fourth-order valence-electron chi connectivity index (χ4n) is 11.8. The fraction of sp³-hybridized carbons (Fsp3) is 0.490. The molecule has 3 fully saturated rings. The van der Waals surface area contributed by atoms with Gasteiger partial charge in [0.25, 0.3) is 0 Å². The number of rotatable bonds is 7. The Morgan fingerprint density at radius 1 is 0.931 bits per heavy atom. The number of allylic oxidation sites excluding steroid dienone is 3. The fourth-order valence-corrected chi connectivity index (χ4v) is 11.8. The van der Waals surface area contributed by atoms with Gasteiger partial charge in [0.2, 0.25) is 0 Å². The van der Waals surface area contributed by atoms with Gasteiger partial charge in [-0.15, -0.1) is 0 Å². The minimum Gasteiger partial charge on any atom is -0.508 e. The molecule has 5 aliphatic rings. The van der Waals surface area contributed by atoms with Crippen molar-refractivity contribution in [1.82, 2.24) is 25.0 Å². The average Bonchev–Trinajstić information content (AvgIpc) is 3.78. The van der Waals surface area contributed by atoms with Gasteiger partial charge in [0, 0.05) is 74.4 Å². The minimum atomic E-state index is -0.160. The van der Waals surface area contributed by atoms with Crippen molar-refractivity contribution in [3.05, 3.63) is 101 Å². The second-order valence-electron chi connectivity index (χ2n) is 18.7. The van der Waals surface area contributed by atoms with Gasteiger partial charge >= 0.3 is 6.09 Å². The number of ether oxygens (including phenoxy) is 1. The number of nitrogens with zero attached hydrogens (tertiary/aromatic N) is 4. The molecule has 3 N–H and O–H groups in total. The highest BCUT2D eigenvalue weighted by Crippen LogP contribution is 2.66. The Bertz CT molecular complexity index is 2240. The van der Waals surface area contributed by atoms with Crippen LogP contribution in [0.15, 0.2) is 78.6 Å². The van der Waals surface area contributed by atoms with Gasteiger partial charge < -0.3 is 19.8 Å². The highest BCUT2D eigenvalue weighted by atomic mass is 16.6. The second-order valence-corrected chi connectivity index (χ2v) is 18.7. The number of benzene rings is 2. The lowest BCUT2D eigenvalue weighted by Gasteiger charge is -2.58. The third kappa shape index (κ3) is 6.73. The van der Waals surface area contributed by atoms with Crippen LogP contribution in [-0.2, 0) is 11.3 Å². The third-order valence-corrected chi connectivity index (χ3v) is 15.1. The van der Waals surface area contributed by atoms with Crippen LogP contribution in [0.25, 0.3) is 28.0 Å². The maximum Gasteiger partial charge on any atom is 0.410 e. The summed E-state index contributed by atoms with van der Waals surface area (Å²) < 4.78 is 6.27. The van der Waals surface area contributed by atoms with Gasteiger partial charge in [-0.3, -0.25) is 15.0 Å². The van der Waals surface area contributed by atoms with Gasteiger partial charge in [0.15, 0.2) is 0 Å². The zero-order chi connectivity index (χ0) is 40.3. The van der Waals surface area contributed by atoms with E-state index < -0.39 is 0 Å². The largest absolute Gasteiger partial charge is 0.508 e. The van der Waals surface area contributed by atoms with Crippen LogP contribution in [0.4, 0.5) is 4.79 Å². The number of carbonyl (C=O) groups excluding carboxylic acids is 1. The van der Waals surface area contributed by atoms with E-state index in [9.17, 15) is 15.0 Å². The molecule has 58 heavy (non-hydrogen) atoms. The molecule has 304 valence electrons. The summed E-state index contributed by atoms with van der Waals surface area (Å²) in [5.41, 5.74) is 10.8. The number of hydrogen-bond donors (Lipinski definition) is 3. The third-order valence-electron chi connectivity index (χ3n) is 15.1. The number of hydrogen-bond acceptors (Lipinski definition) is 7. The van der Waals surface area contributed by atoms with Crippen LogP contribution >= 0.6 is 0 Å². The predicted octanol–water partition coefficient (Wildman–Crippen LogP) is 10.3. The molecule has 1 amide bonds. The SMILES string of the molecule is Cc1[nH]nc(-c2cc(C(C)C)c(O)cc2O)c1-c1ccc(CN2CCN(C(=O)O[C@H]3CC[C@@]4(C)C(=CCC5[C@@H]4CC[C@]4(C)C(c6cccnc6)=CC[C@@H]54)C3)CC2)cc1. The van der Waals surface area contributed by atoms with Crippen LogP contribution < -0.4 is 0 Å². The molecule has 9 rings (SSSR count). The van der Waals surface area contributed by atoms with E-state index in [1.54, 1.807) is 0 Å². The summed E-state index contributed by atoms with van der Waals surface area (Å²) in [6.07, 6.45) is 16.5. The first-order valence-corrected chi connectivity index (χ1v) is 21.6. The van der Waals surface area contributed by atoms with Crippen LogP contribution in [0.2, 0.25) is 0 Å². The molecule has 2 aromatic carbocycles. The molecule has 0 radical (unpaired) electrons. The zero-order valence-electron chi connectivity index (χ0n) is 34.8. The van der Waals surface area contributed by atoms with Crippen molar-refractivity contribution < 1.29 is 19.7 Å². The number of nitrogens with one attached hydrogen (secondary N) is 1. The summed E-state index contributed by atoms with van der Waals surface area (Å²) in [5, 5.41) is 28.8. The van der Waals surface area contributed by atoms with Gasteiger partial charge in [0.05, 0.1) is 0 Å². The molecule has 0 bridgehead atoms. The Morgan fingerprint density at radius 3 is 2.45 bits per heavy atom. The van der Waals surface area contributed by atoms with Crippen molar-refractivity contribution in [2.24, 2.45) is 28.6 Å². The molecule has 0 spiro atoms. The highest BCUT2D eigenvalue weighted by Gasteiger charge is 2.57. The molecule has 4 aliphatic carbocycles. The number of piperazine rings is 1. The van der Waals surface area contributed by atoms with Gasteiger partial charge in [-0.1, -0.05) is 75.8 Å². The Balaban J connectivity index is 0.784. The van der Waals surface area contributed by atoms with E-state index in [4.69, 9.17) is 4.74 Å². The molecule has 2 saturated carbocycles. The maximum absolute atomic E-state index is 13.5.